The Kier molecular flexibility index (Phi) is 8.20. The molecule has 0 fully saturated rings. The van der Waals surface area contributed by atoms with Gasteiger partial charge in [0.05, 0.1) is 11.8 Å². The summed E-state index contributed by atoms with van der Waals surface area (Å²) in [5.41, 5.74) is 6.78. The van der Waals surface area contributed by atoms with Gasteiger partial charge in [0.2, 0.25) is 5.91 Å². The lowest BCUT2D eigenvalue weighted by molar-refractivity contribution is -0.122. The summed E-state index contributed by atoms with van der Waals surface area (Å²) in [5, 5.41) is 13.7. The van der Waals surface area contributed by atoms with Gasteiger partial charge in [-0.15, -0.1) is 0 Å². The summed E-state index contributed by atoms with van der Waals surface area (Å²) < 4.78 is 6.95. The fourth-order valence-corrected chi connectivity index (χ4v) is 3.80. The summed E-state index contributed by atoms with van der Waals surface area (Å²) in [7, 11) is 0. The maximum Gasteiger partial charge on any atom is 0.408 e. The van der Waals surface area contributed by atoms with Crippen LogP contribution in [-0.4, -0.2) is 30.2 Å². The molecule has 4 N–H and O–H groups in total. The number of nitriles is 1. The van der Waals surface area contributed by atoms with E-state index >= 15 is 0 Å². The molecule has 7 nitrogen and oxygen atoms in total. The van der Waals surface area contributed by atoms with Gasteiger partial charge in [0.25, 0.3) is 0 Å². The molecule has 0 aliphatic rings. The van der Waals surface area contributed by atoms with Crippen molar-refractivity contribution in [2.75, 3.05) is 12.3 Å². The summed E-state index contributed by atoms with van der Waals surface area (Å²) in [6.07, 6.45) is -0.438. The minimum atomic E-state index is -0.863. The van der Waals surface area contributed by atoms with E-state index in [-0.39, 0.29) is 13.0 Å². The minimum absolute atomic E-state index is 0.137. The molecule has 0 spiro atoms. The normalized spacial score (nSPS) is 12.0. The Labute approximate surface area is 174 Å². The molecule has 1 atom stereocenters. The quantitative estimate of drug-likeness (QED) is 0.286. The van der Waals surface area contributed by atoms with Crippen molar-refractivity contribution in [2.45, 2.75) is 38.8 Å². The Morgan fingerprint density at radius 1 is 1.32 bits per heavy atom. The number of hydrogen-bond donors (Lipinski definition) is 3. The van der Waals surface area contributed by atoms with Crippen molar-refractivity contribution in [1.29, 1.82) is 5.26 Å². The number of amides is 2. The van der Waals surface area contributed by atoms with Gasteiger partial charge in [-0.05, 0) is 83.6 Å². The molecule has 0 heterocycles. The largest absolute Gasteiger partial charge is 0.444 e. The molecule has 9 heteroatoms. The number of ether oxygens (including phenoxy) is 1. The molecule has 0 aliphatic carbocycles. The summed E-state index contributed by atoms with van der Waals surface area (Å²) in [6.45, 7) is 5.08. The van der Waals surface area contributed by atoms with Gasteiger partial charge >= 0.3 is 6.09 Å². The number of nitrogens with zero attached hydrogens (tertiary/aromatic N) is 1. The van der Waals surface area contributed by atoms with E-state index < -0.39 is 23.6 Å². The maximum absolute atomic E-state index is 12.3. The summed E-state index contributed by atoms with van der Waals surface area (Å²) in [4.78, 5) is 24.3. The molecule has 0 radical (unpaired) electrons. The van der Waals surface area contributed by atoms with Crippen LogP contribution >= 0.6 is 45.2 Å². The topological polar surface area (TPSA) is 117 Å². The van der Waals surface area contributed by atoms with Gasteiger partial charge in [0.1, 0.15) is 18.2 Å². The van der Waals surface area contributed by atoms with Gasteiger partial charge in [-0.25, -0.2) is 4.79 Å². The number of nitrogen functional groups attached to an aromatic ring is 1. The number of halogens is 2. The number of nitrogens with two attached hydrogens (primary N) is 1. The standard InChI is InChI=1S/C16H20I2N4O3/c1-16(2,3)25-15(24)22-12(14(23)21-5-4-19)8-9-6-10(17)13(20)11(18)7-9/h6-7,12H,5,8,20H2,1-3H3,(H,21,23)(H,22,24)/t12-/m0/s1. The van der Waals surface area contributed by atoms with Gasteiger partial charge in [0, 0.05) is 13.6 Å². The number of hydrogen-bond acceptors (Lipinski definition) is 5. The van der Waals surface area contributed by atoms with Crippen molar-refractivity contribution in [3.05, 3.63) is 24.8 Å². The van der Waals surface area contributed by atoms with Crippen LogP contribution in [0.15, 0.2) is 12.1 Å². The second-order valence-corrected chi connectivity index (χ2v) is 8.58. The highest BCUT2D eigenvalue weighted by molar-refractivity contribution is 14.1. The Bertz CT molecular complexity index is 673. The number of rotatable bonds is 5. The van der Waals surface area contributed by atoms with Gasteiger partial charge < -0.3 is 21.1 Å². The third-order valence-electron chi connectivity index (χ3n) is 2.93. The van der Waals surface area contributed by atoms with Crippen LogP contribution in [0.3, 0.4) is 0 Å². The van der Waals surface area contributed by atoms with E-state index in [4.69, 9.17) is 15.7 Å². The Balaban J connectivity index is 2.97. The molecule has 0 aliphatic heterocycles. The highest BCUT2D eigenvalue weighted by atomic mass is 127. The number of anilines is 1. The lowest BCUT2D eigenvalue weighted by Gasteiger charge is -2.23. The molecule has 0 bridgehead atoms. The summed E-state index contributed by atoms with van der Waals surface area (Å²) in [6, 6.07) is 4.70. The number of alkyl carbamates (subject to hydrolysis) is 1. The van der Waals surface area contributed by atoms with Crippen molar-refractivity contribution >= 4 is 62.9 Å². The van der Waals surface area contributed by atoms with Gasteiger partial charge in [0.15, 0.2) is 0 Å². The van der Waals surface area contributed by atoms with E-state index in [0.717, 1.165) is 12.7 Å². The molecule has 0 unspecified atom stereocenters. The van der Waals surface area contributed by atoms with Crippen molar-refractivity contribution in [2.24, 2.45) is 0 Å². The average Bonchev–Trinajstić information content (AvgIpc) is 2.47. The van der Waals surface area contributed by atoms with Gasteiger partial charge in [-0.1, -0.05) is 0 Å². The van der Waals surface area contributed by atoms with E-state index in [1.165, 1.54) is 0 Å². The second-order valence-electron chi connectivity index (χ2n) is 6.25. The molecule has 0 saturated heterocycles. The van der Waals surface area contributed by atoms with Gasteiger partial charge in [-0.2, -0.15) is 5.26 Å². The lowest BCUT2D eigenvalue weighted by atomic mass is 10.0. The third-order valence-corrected chi connectivity index (χ3v) is 4.71. The number of benzene rings is 1. The molecule has 1 rings (SSSR count). The third kappa shape index (κ3) is 7.64. The average molecular weight is 570 g/mol. The maximum atomic E-state index is 12.3. The lowest BCUT2D eigenvalue weighted by Crippen LogP contribution is -2.49. The fraction of sp³-hybridized carbons (Fsp3) is 0.438. The van der Waals surface area contributed by atoms with Crippen molar-refractivity contribution in [1.82, 2.24) is 10.6 Å². The highest BCUT2D eigenvalue weighted by Gasteiger charge is 2.25. The monoisotopic (exact) mass is 570 g/mol. The zero-order valence-corrected chi connectivity index (χ0v) is 18.5. The van der Waals surface area contributed by atoms with E-state index in [2.05, 4.69) is 55.8 Å². The van der Waals surface area contributed by atoms with Crippen LogP contribution in [-0.2, 0) is 16.0 Å². The van der Waals surface area contributed by atoms with E-state index in [1.54, 1.807) is 20.8 Å². The molecule has 2 amide bonds. The molecule has 136 valence electrons. The first-order valence-electron chi connectivity index (χ1n) is 7.41. The van der Waals surface area contributed by atoms with Crippen molar-refractivity contribution in [3.63, 3.8) is 0 Å². The molecular formula is C16H20I2N4O3. The number of carbonyl (C=O) groups is 2. The molecule has 0 saturated carbocycles. The Morgan fingerprint density at radius 3 is 2.36 bits per heavy atom. The molecule has 1 aromatic rings. The highest BCUT2D eigenvalue weighted by Crippen LogP contribution is 2.24. The zero-order chi connectivity index (χ0) is 19.2. The van der Waals surface area contributed by atoms with Crippen LogP contribution in [0.4, 0.5) is 10.5 Å². The molecular weight excluding hydrogens is 550 g/mol. The molecule has 25 heavy (non-hydrogen) atoms. The van der Waals surface area contributed by atoms with Crippen LogP contribution in [0, 0.1) is 18.5 Å². The van der Waals surface area contributed by atoms with Crippen LogP contribution in [0.25, 0.3) is 0 Å². The van der Waals surface area contributed by atoms with Crippen molar-refractivity contribution < 1.29 is 14.3 Å². The van der Waals surface area contributed by atoms with Crippen molar-refractivity contribution in [3.8, 4) is 6.07 Å². The molecule has 1 aromatic carbocycles. The first-order chi connectivity index (χ1) is 11.5. The Morgan fingerprint density at radius 2 is 1.88 bits per heavy atom. The van der Waals surface area contributed by atoms with E-state index in [9.17, 15) is 9.59 Å². The SMILES string of the molecule is CC(C)(C)OC(=O)N[C@@H](Cc1cc(I)c(N)c(I)c1)C(=O)NCC#N. The van der Waals surface area contributed by atoms with E-state index in [1.807, 2.05) is 18.2 Å². The first-order valence-corrected chi connectivity index (χ1v) is 9.57. The fourth-order valence-electron chi connectivity index (χ4n) is 1.90. The smallest absolute Gasteiger partial charge is 0.408 e. The predicted molar refractivity (Wildman–Crippen MR) is 112 cm³/mol. The number of carbonyl (C=O) groups excluding carboxylic acids is 2. The van der Waals surface area contributed by atoms with Gasteiger partial charge in [-0.3, -0.25) is 4.79 Å². The van der Waals surface area contributed by atoms with Crippen LogP contribution < -0.4 is 16.4 Å². The second kappa shape index (κ2) is 9.42. The molecule has 0 aromatic heterocycles. The summed E-state index contributed by atoms with van der Waals surface area (Å²) >= 11 is 4.24. The first kappa shape index (κ1) is 21.8. The van der Waals surface area contributed by atoms with Crippen LogP contribution in [0.5, 0.6) is 0 Å². The van der Waals surface area contributed by atoms with Crippen LogP contribution in [0.1, 0.15) is 26.3 Å². The number of nitrogens with one attached hydrogen (secondary N) is 2. The minimum Gasteiger partial charge on any atom is -0.444 e. The van der Waals surface area contributed by atoms with E-state index in [0.29, 0.717) is 5.69 Å². The Hall–Kier alpha value is -1.29. The van der Waals surface area contributed by atoms with Crippen LogP contribution in [0.2, 0.25) is 0 Å². The summed E-state index contributed by atoms with van der Waals surface area (Å²) in [5.74, 6) is -0.450. The predicted octanol–water partition coefficient (Wildman–Crippen LogP) is 2.55. The zero-order valence-electron chi connectivity index (χ0n) is 14.2.